The van der Waals surface area contributed by atoms with Crippen molar-refractivity contribution in [2.45, 2.75) is 34.8 Å². The summed E-state index contributed by atoms with van der Waals surface area (Å²) in [5.41, 5.74) is 1.65. The quantitative estimate of drug-likeness (QED) is 0.718. The molecule has 2 aliphatic heterocycles. The van der Waals surface area contributed by atoms with Gasteiger partial charge in [0.15, 0.2) is 9.84 Å². The topological polar surface area (TPSA) is 86.8 Å². The number of thioether (sulfide) groups is 1. The number of rotatable bonds is 5. The standard InChI is InChI=1S/C23H27N3O4S2/c1-17-15-22(27)24-20-16-19(7-8-21(20)31-17)32(29,30)14-9-23(28)26-12-10-25(11-13-26)18-5-3-2-4-6-18/h2-8,16-17H,9-15H2,1H3,(H,24,27). The van der Waals surface area contributed by atoms with Gasteiger partial charge in [-0.3, -0.25) is 9.59 Å². The molecule has 2 heterocycles. The lowest BCUT2D eigenvalue weighted by Gasteiger charge is -2.36. The molecule has 0 aliphatic carbocycles. The Bertz CT molecular complexity index is 1100. The number of nitrogens with zero attached hydrogens (tertiary/aromatic N) is 2. The summed E-state index contributed by atoms with van der Waals surface area (Å²) in [6.07, 6.45) is 0.330. The molecule has 1 unspecified atom stereocenters. The van der Waals surface area contributed by atoms with Crippen LogP contribution in [0.5, 0.6) is 0 Å². The average Bonchev–Trinajstić information content (AvgIpc) is 2.93. The minimum absolute atomic E-state index is 0.0527. The Labute approximate surface area is 193 Å². The van der Waals surface area contributed by atoms with Gasteiger partial charge in [0.25, 0.3) is 0 Å². The molecule has 2 aliphatic rings. The van der Waals surface area contributed by atoms with Gasteiger partial charge in [-0.2, -0.15) is 0 Å². The van der Waals surface area contributed by atoms with Crippen LogP contribution in [0.25, 0.3) is 0 Å². The first kappa shape index (κ1) is 22.7. The van der Waals surface area contributed by atoms with E-state index < -0.39 is 9.84 Å². The Kier molecular flexibility index (Phi) is 6.76. The maximum Gasteiger partial charge on any atom is 0.225 e. The second kappa shape index (κ2) is 9.54. The molecule has 0 aromatic heterocycles. The number of fused-ring (bicyclic) bond motifs is 1. The summed E-state index contributed by atoms with van der Waals surface area (Å²) in [5, 5.41) is 2.92. The van der Waals surface area contributed by atoms with Crippen molar-refractivity contribution in [1.82, 2.24) is 4.90 Å². The molecule has 170 valence electrons. The minimum Gasteiger partial charge on any atom is -0.368 e. The number of sulfone groups is 1. The first-order valence-corrected chi connectivity index (χ1v) is 13.3. The number of nitrogens with one attached hydrogen (secondary N) is 1. The number of benzene rings is 2. The molecule has 9 heteroatoms. The van der Waals surface area contributed by atoms with Crippen LogP contribution in [-0.4, -0.2) is 62.3 Å². The molecule has 0 saturated carbocycles. The largest absolute Gasteiger partial charge is 0.368 e. The van der Waals surface area contributed by atoms with E-state index in [1.807, 2.05) is 37.3 Å². The van der Waals surface area contributed by atoms with E-state index in [1.54, 1.807) is 28.8 Å². The summed E-state index contributed by atoms with van der Waals surface area (Å²) >= 11 is 1.55. The number of hydrogen-bond donors (Lipinski definition) is 1. The predicted octanol–water partition coefficient (Wildman–Crippen LogP) is 3.02. The molecule has 1 saturated heterocycles. The second-order valence-electron chi connectivity index (χ2n) is 8.11. The van der Waals surface area contributed by atoms with Crippen molar-refractivity contribution in [3.63, 3.8) is 0 Å². The van der Waals surface area contributed by atoms with Gasteiger partial charge in [0, 0.05) is 54.9 Å². The van der Waals surface area contributed by atoms with E-state index >= 15 is 0 Å². The number of amides is 2. The van der Waals surface area contributed by atoms with Gasteiger partial charge in [0.05, 0.1) is 16.3 Å². The first-order valence-electron chi connectivity index (χ1n) is 10.7. The summed E-state index contributed by atoms with van der Waals surface area (Å²) in [5.74, 6) is -0.516. The van der Waals surface area contributed by atoms with Crippen LogP contribution in [-0.2, 0) is 19.4 Å². The Hall–Kier alpha value is -2.52. The number of hydrogen-bond acceptors (Lipinski definition) is 6. The summed E-state index contributed by atoms with van der Waals surface area (Å²) in [7, 11) is -3.64. The van der Waals surface area contributed by atoms with Crippen molar-refractivity contribution in [1.29, 1.82) is 0 Å². The van der Waals surface area contributed by atoms with Crippen LogP contribution >= 0.6 is 11.8 Å². The van der Waals surface area contributed by atoms with Crippen LogP contribution in [0.3, 0.4) is 0 Å². The van der Waals surface area contributed by atoms with Crippen molar-refractivity contribution in [3.8, 4) is 0 Å². The molecule has 2 amide bonds. The van der Waals surface area contributed by atoms with E-state index in [-0.39, 0.29) is 34.1 Å². The molecule has 1 atom stereocenters. The molecular formula is C23H27N3O4S2. The monoisotopic (exact) mass is 473 g/mol. The Morgan fingerprint density at radius 1 is 1.09 bits per heavy atom. The van der Waals surface area contributed by atoms with Crippen LogP contribution in [0.4, 0.5) is 11.4 Å². The molecule has 2 aromatic rings. The molecule has 2 aromatic carbocycles. The molecule has 32 heavy (non-hydrogen) atoms. The predicted molar refractivity (Wildman–Crippen MR) is 127 cm³/mol. The molecular weight excluding hydrogens is 446 g/mol. The van der Waals surface area contributed by atoms with Crippen LogP contribution < -0.4 is 10.2 Å². The first-order chi connectivity index (χ1) is 15.3. The summed E-state index contributed by atoms with van der Waals surface area (Å²) in [6.45, 7) is 4.57. The number of carbonyl (C=O) groups is 2. The summed E-state index contributed by atoms with van der Waals surface area (Å²) in [6, 6.07) is 14.9. The van der Waals surface area contributed by atoms with E-state index in [0.717, 1.165) is 23.7 Å². The van der Waals surface area contributed by atoms with Gasteiger partial charge in [-0.25, -0.2) is 8.42 Å². The Morgan fingerprint density at radius 2 is 1.81 bits per heavy atom. The third kappa shape index (κ3) is 5.27. The maximum atomic E-state index is 12.9. The Balaban J connectivity index is 1.35. The minimum atomic E-state index is -3.64. The van der Waals surface area contributed by atoms with E-state index in [4.69, 9.17) is 0 Å². The second-order valence-corrected chi connectivity index (χ2v) is 11.7. The highest BCUT2D eigenvalue weighted by Gasteiger charge is 2.25. The molecule has 1 N–H and O–H groups in total. The molecule has 1 fully saturated rings. The summed E-state index contributed by atoms with van der Waals surface area (Å²) in [4.78, 5) is 29.6. The number of piperazine rings is 1. The maximum absolute atomic E-state index is 12.9. The SMILES string of the molecule is CC1CC(=O)Nc2cc(S(=O)(=O)CCC(=O)N3CCN(c4ccccc4)CC3)ccc2S1. The van der Waals surface area contributed by atoms with Gasteiger partial charge >= 0.3 is 0 Å². The fourth-order valence-corrected chi connectivity index (χ4v) is 6.28. The highest BCUT2D eigenvalue weighted by molar-refractivity contribution is 8.00. The average molecular weight is 474 g/mol. The third-order valence-electron chi connectivity index (χ3n) is 5.72. The van der Waals surface area contributed by atoms with Gasteiger partial charge < -0.3 is 15.1 Å². The van der Waals surface area contributed by atoms with E-state index in [2.05, 4.69) is 10.2 Å². The number of para-hydroxylation sites is 1. The van der Waals surface area contributed by atoms with Crippen molar-refractivity contribution < 1.29 is 18.0 Å². The summed E-state index contributed by atoms with van der Waals surface area (Å²) < 4.78 is 25.8. The lowest BCUT2D eigenvalue weighted by atomic mass is 10.2. The van der Waals surface area contributed by atoms with Gasteiger partial charge in [-0.1, -0.05) is 25.1 Å². The van der Waals surface area contributed by atoms with Crippen LogP contribution in [0, 0.1) is 0 Å². The van der Waals surface area contributed by atoms with E-state index in [9.17, 15) is 18.0 Å². The fraction of sp³-hybridized carbons (Fsp3) is 0.391. The van der Waals surface area contributed by atoms with Crippen molar-refractivity contribution in [2.24, 2.45) is 0 Å². The fourth-order valence-electron chi connectivity index (χ4n) is 3.97. The third-order valence-corrected chi connectivity index (χ3v) is 8.62. The Morgan fingerprint density at radius 3 is 2.53 bits per heavy atom. The van der Waals surface area contributed by atoms with Crippen LogP contribution in [0.1, 0.15) is 19.8 Å². The molecule has 0 bridgehead atoms. The zero-order chi connectivity index (χ0) is 22.7. The highest BCUT2D eigenvalue weighted by Crippen LogP contribution is 2.36. The smallest absolute Gasteiger partial charge is 0.225 e. The number of carbonyl (C=O) groups excluding carboxylic acids is 2. The highest BCUT2D eigenvalue weighted by atomic mass is 32.2. The van der Waals surface area contributed by atoms with Gasteiger partial charge in [-0.15, -0.1) is 11.8 Å². The molecule has 0 radical (unpaired) electrons. The molecule has 4 rings (SSSR count). The van der Waals surface area contributed by atoms with E-state index in [0.29, 0.717) is 25.2 Å². The van der Waals surface area contributed by atoms with E-state index in [1.165, 1.54) is 6.07 Å². The van der Waals surface area contributed by atoms with Crippen LogP contribution in [0.15, 0.2) is 58.3 Å². The zero-order valence-corrected chi connectivity index (χ0v) is 19.6. The molecule has 7 nitrogen and oxygen atoms in total. The zero-order valence-electron chi connectivity index (χ0n) is 18.0. The van der Waals surface area contributed by atoms with Crippen molar-refractivity contribution in [3.05, 3.63) is 48.5 Å². The lowest BCUT2D eigenvalue weighted by molar-refractivity contribution is -0.131. The number of anilines is 2. The van der Waals surface area contributed by atoms with Crippen LogP contribution in [0.2, 0.25) is 0 Å². The molecule has 0 spiro atoms. The normalized spacial score (nSPS) is 19.2. The lowest BCUT2D eigenvalue weighted by Crippen LogP contribution is -2.49. The van der Waals surface area contributed by atoms with Crippen molar-refractivity contribution >= 4 is 44.8 Å². The van der Waals surface area contributed by atoms with Crippen molar-refractivity contribution in [2.75, 3.05) is 42.1 Å². The van der Waals surface area contributed by atoms with Gasteiger partial charge in [0.1, 0.15) is 0 Å². The van der Waals surface area contributed by atoms with Gasteiger partial charge in [0.2, 0.25) is 11.8 Å². The van der Waals surface area contributed by atoms with Gasteiger partial charge in [-0.05, 0) is 30.3 Å².